The smallest absolute Gasteiger partial charge is 0.320 e. The summed E-state index contributed by atoms with van der Waals surface area (Å²) in [7, 11) is 0. The van der Waals surface area contributed by atoms with Crippen molar-refractivity contribution in [1.82, 2.24) is 15.3 Å². The van der Waals surface area contributed by atoms with Crippen LogP contribution in [0.4, 0.5) is 20.8 Å². The van der Waals surface area contributed by atoms with Gasteiger partial charge in [-0.3, -0.25) is 5.32 Å². The van der Waals surface area contributed by atoms with Crippen LogP contribution in [0, 0.1) is 12.7 Å². The number of aromatic nitrogens is 2. The van der Waals surface area contributed by atoms with Crippen molar-refractivity contribution in [3.05, 3.63) is 48.0 Å². The summed E-state index contributed by atoms with van der Waals surface area (Å²) in [5, 5.41) is 5.70. The number of amides is 2. The van der Waals surface area contributed by atoms with Gasteiger partial charge in [0.25, 0.3) is 0 Å². The Labute approximate surface area is 140 Å². The minimum absolute atomic E-state index is 0.104. The van der Waals surface area contributed by atoms with Crippen LogP contribution in [0.25, 0.3) is 0 Å². The SMILES string of the molecule is Cc1ccc(NC(=O)NC2CCN(c3ccc(F)cn3)CC2)nc1. The van der Waals surface area contributed by atoms with Crippen molar-refractivity contribution in [2.24, 2.45) is 0 Å². The van der Waals surface area contributed by atoms with E-state index in [1.807, 2.05) is 13.0 Å². The van der Waals surface area contributed by atoms with Crippen molar-refractivity contribution in [2.45, 2.75) is 25.8 Å². The number of carbonyl (C=O) groups excluding carboxylic acids is 1. The minimum Gasteiger partial charge on any atom is -0.356 e. The second kappa shape index (κ2) is 7.25. The zero-order valence-electron chi connectivity index (χ0n) is 13.5. The van der Waals surface area contributed by atoms with Gasteiger partial charge in [0.2, 0.25) is 0 Å². The average molecular weight is 329 g/mol. The fourth-order valence-electron chi connectivity index (χ4n) is 2.69. The van der Waals surface area contributed by atoms with E-state index in [0.29, 0.717) is 5.82 Å². The Kier molecular flexibility index (Phi) is 4.88. The summed E-state index contributed by atoms with van der Waals surface area (Å²) in [6, 6.07) is 6.62. The van der Waals surface area contributed by atoms with Crippen molar-refractivity contribution >= 4 is 17.7 Å². The number of anilines is 2. The van der Waals surface area contributed by atoms with E-state index in [0.717, 1.165) is 37.3 Å². The van der Waals surface area contributed by atoms with Crippen LogP contribution in [0.15, 0.2) is 36.7 Å². The normalized spacial score (nSPS) is 15.2. The molecular weight excluding hydrogens is 309 g/mol. The number of hydrogen-bond acceptors (Lipinski definition) is 4. The maximum atomic E-state index is 12.9. The number of nitrogens with one attached hydrogen (secondary N) is 2. The van der Waals surface area contributed by atoms with Crippen LogP contribution in [-0.4, -0.2) is 35.1 Å². The summed E-state index contributed by atoms with van der Waals surface area (Å²) in [6.45, 7) is 3.49. The Hall–Kier alpha value is -2.70. The molecule has 6 nitrogen and oxygen atoms in total. The molecule has 2 aromatic rings. The summed E-state index contributed by atoms with van der Waals surface area (Å²) in [5.74, 6) is 0.964. The number of carbonyl (C=O) groups is 1. The highest BCUT2D eigenvalue weighted by Gasteiger charge is 2.21. The number of urea groups is 1. The molecular formula is C17H20FN5O. The average Bonchev–Trinajstić information content (AvgIpc) is 2.58. The molecule has 7 heteroatoms. The van der Waals surface area contributed by atoms with Crippen LogP contribution in [0.5, 0.6) is 0 Å². The number of halogens is 1. The quantitative estimate of drug-likeness (QED) is 0.908. The van der Waals surface area contributed by atoms with Crippen LogP contribution in [0.3, 0.4) is 0 Å². The summed E-state index contributed by atoms with van der Waals surface area (Å²) in [6.07, 6.45) is 4.56. The van der Waals surface area contributed by atoms with Crippen molar-refractivity contribution < 1.29 is 9.18 Å². The van der Waals surface area contributed by atoms with Gasteiger partial charge in [0.15, 0.2) is 0 Å². The topological polar surface area (TPSA) is 70.2 Å². The number of piperidine rings is 1. The number of rotatable bonds is 3. The number of hydrogen-bond donors (Lipinski definition) is 2. The summed E-state index contributed by atoms with van der Waals surface area (Å²) < 4.78 is 12.9. The van der Waals surface area contributed by atoms with Gasteiger partial charge in [-0.2, -0.15) is 0 Å². The molecule has 1 fully saturated rings. The number of pyridine rings is 2. The fraction of sp³-hybridized carbons (Fsp3) is 0.353. The van der Waals surface area contributed by atoms with Gasteiger partial charge in [-0.1, -0.05) is 6.07 Å². The Balaban J connectivity index is 1.47. The molecule has 0 aliphatic carbocycles. The summed E-state index contributed by atoms with van der Waals surface area (Å²) >= 11 is 0. The van der Waals surface area contributed by atoms with Crippen LogP contribution in [-0.2, 0) is 0 Å². The third-order valence-corrected chi connectivity index (χ3v) is 4.02. The third kappa shape index (κ3) is 4.18. The zero-order chi connectivity index (χ0) is 16.9. The van der Waals surface area contributed by atoms with Gasteiger partial charge < -0.3 is 10.2 Å². The molecule has 0 atom stereocenters. The van der Waals surface area contributed by atoms with Crippen molar-refractivity contribution in [3.8, 4) is 0 Å². The Bertz CT molecular complexity index is 681. The molecule has 1 aliphatic rings. The lowest BCUT2D eigenvalue weighted by Crippen LogP contribution is -2.46. The molecule has 1 saturated heterocycles. The van der Waals surface area contributed by atoms with E-state index in [1.54, 1.807) is 18.3 Å². The maximum absolute atomic E-state index is 12.9. The zero-order valence-corrected chi connectivity index (χ0v) is 13.5. The first-order valence-corrected chi connectivity index (χ1v) is 7.97. The largest absolute Gasteiger partial charge is 0.356 e. The first-order chi connectivity index (χ1) is 11.6. The highest BCUT2D eigenvalue weighted by molar-refractivity contribution is 5.88. The van der Waals surface area contributed by atoms with E-state index in [4.69, 9.17) is 0 Å². The molecule has 0 spiro atoms. The summed E-state index contributed by atoms with van der Waals surface area (Å²) in [5.41, 5.74) is 1.04. The lowest BCUT2D eigenvalue weighted by atomic mass is 10.1. The van der Waals surface area contributed by atoms with Crippen LogP contribution in [0.1, 0.15) is 18.4 Å². The first kappa shape index (κ1) is 16.2. The third-order valence-electron chi connectivity index (χ3n) is 4.02. The van der Waals surface area contributed by atoms with Gasteiger partial charge in [-0.25, -0.2) is 19.2 Å². The van der Waals surface area contributed by atoms with Gasteiger partial charge in [-0.15, -0.1) is 0 Å². The van der Waals surface area contributed by atoms with Crippen LogP contribution in [0.2, 0.25) is 0 Å². The first-order valence-electron chi connectivity index (χ1n) is 7.97. The van der Waals surface area contributed by atoms with Crippen LogP contribution < -0.4 is 15.5 Å². The predicted octanol–water partition coefficient (Wildman–Crippen LogP) is 2.71. The van der Waals surface area contributed by atoms with Gasteiger partial charge in [0, 0.05) is 25.3 Å². The monoisotopic (exact) mass is 329 g/mol. The van der Waals surface area contributed by atoms with Gasteiger partial charge >= 0.3 is 6.03 Å². The molecule has 126 valence electrons. The van der Waals surface area contributed by atoms with Crippen molar-refractivity contribution in [1.29, 1.82) is 0 Å². The molecule has 0 aromatic carbocycles. The minimum atomic E-state index is -0.336. The number of nitrogens with zero attached hydrogens (tertiary/aromatic N) is 3. The summed E-state index contributed by atoms with van der Waals surface area (Å²) in [4.78, 5) is 22.4. The highest BCUT2D eigenvalue weighted by Crippen LogP contribution is 2.18. The predicted molar refractivity (Wildman–Crippen MR) is 90.6 cm³/mol. The lowest BCUT2D eigenvalue weighted by molar-refractivity contribution is 0.246. The molecule has 0 unspecified atom stereocenters. The van der Waals surface area contributed by atoms with E-state index < -0.39 is 0 Å². The molecule has 0 saturated carbocycles. The molecule has 0 radical (unpaired) electrons. The molecule has 3 rings (SSSR count). The molecule has 2 amide bonds. The molecule has 0 bridgehead atoms. The van der Waals surface area contributed by atoms with Gasteiger partial charge in [0.1, 0.15) is 17.5 Å². The Morgan fingerprint density at radius 2 is 1.96 bits per heavy atom. The second-order valence-corrected chi connectivity index (χ2v) is 5.92. The van der Waals surface area contributed by atoms with E-state index in [1.165, 1.54) is 12.3 Å². The second-order valence-electron chi connectivity index (χ2n) is 5.92. The highest BCUT2D eigenvalue weighted by atomic mass is 19.1. The van der Waals surface area contributed by atoms with E-state index in [2.05, 4.69) is 25.5 Å². The lowest BCUT2D eigenvalue weighted by Gasteiger charge is -2.33. The molecule has 2 aromatic heterocycles. The van der Waals surface area contributed by atoms with E-state index >= 15 is 0 Å². The van der Waals surface area contributed by atoms with Crippen LogP contribution >= 0.6 is 0 Å². The number of aryl methyl sites for hydroxylation is 1. The molecule has 2 N–H and O–H groups in total. The molecule has 3 heterocycles. The van der Waals surface area contributed by atoms with E-state index in [-0.39, 0.29) is 17.9 Å². The maximum Gasteiger partial charge on any atom is 0.320 e. The fourth-order valence-corrected chi connectivity index (χ4v) is 2.69. The van der Waals surface area contributed by atoms with Gasteiger partial charge in [0.05, 0.1) is 6.20 Å². The standard InChI is InChI=1S/C17H20FN5O/c1-12-2-4-15(19-10-12)22-17(24)21-14-6-8-23(9-7-14)16-5-3-13(18)11-20-16/h2-5,10-11,14H,6-9H2,1H3,(H2,19,21,22,24). The molecule has 24 heavy (non-hydrogen) atoms. The van der Waals surface area contributed by atoms with Gasteiger partial charge in [-0.05, 0) is 43.5 Å². The Morgan fingerprint density at radius 1 is 1.17 bits per heavy atom. The van der Waals surface area contributed by atoms with Crippen molar-refractivity contribution in [3.63, 3.8) is 0 Å². The van der Waals surface area contributed by atoms with E-state index in [9.17, 15) is 9.18 Å². The Morgan fingerprint density at radius 3 is 2.58 bits per heavy atom. The van der Waals surface area contributed by atoms with Crippen molar-refractivity contribution in [2.75, 3.05) is 23.3 Å². The molecule has 1 aliphatic heterocycles.